The monoisotopic (exact) mass is 495 g/mol. The lowest BCUT2D eigenvalue weighted by atomic mass is 10.2. The molecule has 1 N–H and O–H groups in total. The van der Waals surface area contributed by atoms with Gasteiger partial charge in [0.05, 0.1) is 30.4 Å². The van der Waals surface area contributed by atoms with Gasteiger partial charge in [0.2, 0.25) is 11.8 Å². The van der Waals surface area contributed by atoms with Crippen LogP contribution < -0.4 is 14.8 Å². The lowest BCUT2D eigenvalue weighted by molar-refractivity contribution is -0.113. The molecule has 0 saturated carbocycles. The molecular weight excluding hydrogens is 474 g/mol. The largest absolute Gasteiger partial charge is 0.493 e. The summed E-state index contributed by atoms with van der Waals surface area (Å²) in [4.78, 5) is 16.7. The molecule has 174 valence electrons. The number of ether oxygens (including phenoxy) is 2. The topological polar surface area (TPSA) is 91.2 Å². The number of methoxy groups -OCH3 is 1. The molecular formula is C24H22ClN5O3S. The molecule has 4 rings (SSSR count). The van der Waals surface area contributed by atoms with Gasteiger partial charge in [0.15, 0.2) is 16.7 Å². The van der Waals surface area contributed by atoms with Crippen LogP contribution in [0.4, 0.5) is 5.69 Å². The van der Waals surface area contributed by atoms with Crippen molar-refractivity contribution in [3.63, 3.8) is 0 Å². The maximum Gasteiger partial charge on any atom is 0.234 e. The molecule has 0 bridgehead atoms. The van der Waals surface area contributed by atoms with Gasteiger partial charge in [-0.3, -0.25) is 9.36 Å². The average molecular weight is 496 g/mol. The molecule has 2 aromatic carbocycles. The van der Waals surface area contributed by atoms with Gasteiger partial charge in [-0.1, -0.05) is 35.5 Å². The Morgan fingerprint density at radius 2 is 1.97 bits per heavy atom. The van der Waals surface area contributed by atoms with Crippen LogP contribution in [0.15, 0.2) is 66.2 Å². The second-order valence-corrected chi connectivity index (χ2v) is 8.75. The molecule has 0 aliphatic rings. The molecule has 8 nitrogen and oxygen atoms in total. The minimum atomic E-state index is -0.197. The van der Waals surface area contributed by atoms with Gasteiger partial charge in [-0.05, 0) is 55.3 Å². The zero-order valence-electron chi connectivity index (χ0n) is 18.8. The normalized spacial score (nSPS) is 10.7. The Kier molecular flexibility index (Phi) is 7.34. The third kappa shape index (κ3) is 5.67. The summed E-state index contributed by atoms with van der Waals surface area (Å²) in [7, 11) is 1.59. The second-order valence-electron chi connectivity index (χ2n) is 7.40. The van der Waals surface area contributed by atoms with E-state index in [9.17, 15) is 4.79 Å². The van der Waals surface area contributed by atoms with Crippen molar-refractivity contribution in [1.29, 1.82) is 0 Å². The first-order valence-corrected chi connectivity index (χ1v) is 11.7. The van der Waals surface area contributed by atoms with Crippen molar-refractivity contribution in [2.24, 2.45) is 0 Å². The summed E-state index contributed by atoms with van der Waals surface area (Å²) in [5, 5.41) is 12.1. The van der Waals surface area contributed by atoms with Crippen LogP contribution in [0.5, 0.6) is 17.4 Å². The molecule has 34 heavy (non-hydrogen) atoms. The fourth-order valence-corrected chi connectivity index (χ4v) is 3.95. The fourth-order valence-electron chi connectivity index (χ4n) is 3.05. The molecule has 0 aliphatic carbocycles. The van der Waals surface area contributed by atoms with Gasteiger partial charge in [0, 0.05) is 11.1 Å². The summed E-state index contributed by atoms with van der Waals surface area (Å²) < 4.78 is 12.9. The molecule has 0 saturated heterocycles. The number of nitrogens with one attached hydrogen (secondary N) is 1. The number of halogens is 1. The highest BCUT2D eigenvalue weighted by atomic mass is 35.5. The van der Waals surface area contributed by atoms with Crippen molar-refractivity contribution in [1.82, 2.24) is 19.7 Å². The van der Waals surface area contributed by atoms with Crippen molar-refractivity contribution in [2.45, 2.75) is 19.0 Å². The lowest BCUT2D eigenvalue weighted by Gasteiger charge is -2.11. The highest BCUT2D eigenvalue weighted by Crippen LogP contribution is 2.31. The van der Waals surface area contributed by atoms with E-state index in [0.29, 0.717) is 33.2 Å². The molecule has 10 heteroatoms. The van der Waals surface area contributed by atoms with E-state index in [1.807, 2.05) is 50.2 Å². The van der Waals surface area contributed by atoms with Gasteiger partial charge >= 0.3 is 0 Å². The van der Waals surface area contributed by atoms with Crippen LogP contribution >= 0.6 is 23.4 Å². The summed E-state index contributed by atoms with van der Waals surface area (Å²) in [6.45, 7) is 3.91. The second kappa shape index (κ2) is 10.6. The number of carbonyl (C=O) groups excluding carboxylic acids is 1. The van der Waals surface area contributed by atoms with E-state index in [4.69, 9.17) is 21.1 Å². The Bertz CT molecular complexity index is 1310. The van der Waals surface area contributed by atoms with Crippen LogP contribution in [0.3, 0.4) is 0 Å². The van der Waals surface area contributed by atoms with E-state index in [-0.39, 0.29) is 11.7 Å². The minimum Gasteiger partial charge on any atom is -0.493 e. The molecule has 4 aromatic rings. The highest BCUT2D eigenvalue weighted by molar-refractivity contribution is 7.99. The number of aromatic nitrogens is 4. The molecule has 0 fully saturated rings. The summed E-state index contributed by atoms with van der Waals surface area (Å²) >= 11 is 7.50. The third-order valence-electron chi connectivity index (χ3n) is 4.84. The molecule has 0 radical (unpaired) electrons. The average Bonchev–Trinajstić information content (AvgIpc) is 3.30. The number of carbonyl (C=O) groups is 1. The van der Waals surface area contributed by atoms with Crippen molar-refractivity contribution < 1.29 is 14.3 Å². The van der Waals surface area contributed by atoms with Gasteiger partial charge in [-0.25, -0.2) is 4.98 Å². The van der Waals surface area contributed by atoms with Crippen molar-refractivity contribution in [3.8, 4) is 23.1 Å². The van der Waals surface area contributed by atoms with E-state index >= 15 is 0 Å². The van der Waals surface area contributed by atoms with Crippen molar-refractivity contribution >= 4 is 35.0 Å². The number of amides is 1. The molecule has 0 atom stereocenters. The Morgan fingerprint density at radius 1 is 1.12 bits per heavy atom. The number of aryl methyl sites for hydroxylation is 2. The number of nitrogens with zero attached hydrogens (tertiary/aromatic N) is 4. The van der Waals surface area contributed by atoms with Crippen LogP contribution in [0.25, 0.3) is 5.69 Å². The number of benzene rings is 2. The highest BCUT2D eigenvalue weighted by Gasteiger charge is 2.12. The molecule has 0 unspecified atom stereocenters. The van der Waals surface area contributed by atoms with E-state index in [1.54, 1.807) is 30.1 Å². The van der Waals surface area contributed by atoms with E-state index in [0.717, 1.165) is 16.8 Å². The predicted molar refractivity (Wildman–Crippen MR) is 133 cm³/mol. The third-order valence-corrected chi connectivity index (χ3v) is 6.19. The zero-order valence-corrected chi connectivity index (χ0v) is 20.4. The molecule has 0 spiro atoms. The molecule has 0 aliphatic heterocycles. The summed E-state index contributed by atoms with van der Waals surface area (Å²) in [6, 6.07) is 14.7. The van der Waals surface area contributed by atoms with Crippen LogP contribution in [-0.4, -0.2) is 38.5 Å². The lowest BCUT2D eigenvalue weighted by Crippen LogP contribution is -2.14. The number of thioether (sulfide) groups is 1. The molecule has 2 heterocycles. The Hall–Kier alpha value is -3.56. The number of anilines is 1. The van der Waals surface area contributed by atoms with Gasteiger partial charge in [0.25, 0.3) is 0 Å². The van der Waals surface area contributed by atoms with Crippen LogP contribution in [0.1, 0.15) is 11.1 Å². The van der Waals surface area contributed by atoms with E-state index in [1.165, 1.54) is 18.0 Å². The number of hydrogen-bond donors (Lipinski definition) is 1. The first kappa shape index (κ1) is 23.6. The predicted octanol–water partition coefficient (Wildman–Crippen LogP) is 5.46. The summed E-state index contributed by atoms with van der Waals surface area (Å²) in [6.07, 6.45) is 3.13. The Balaban J connectivity index is 1.35. The summed E-state index contributed by atoms with van der Waals surface area (Å²) in [5.74, 6) is 1.53. The standard InChI is InChI=1S/C24H22ClN5O3S/c1-15-4-8-20(21(10-15)32-3)33-23-9-6-17(12-26-23)28-22(31)13-34-24-29-27-14-30(24)18-7-5-16(2)19(25)11-18/h4-12,14H,13H2,1-3H3,(H,28,31). The van der Waals surface area contributed by atoms with Gasteiger partial charge in [-0.15, -0.1) is 10.2 Å². The molecule has 2 aromatic heterocycles. The van der Waals surface area contributed by atoms with Crippen molar-refractivity contribution in [3.05, 3.63) is 77.2 Å². The first-order valence-electron chi connectivity index (χ1n) is 10.3. The molecule has 1 amide bonds. The fraction of sp³-hybridized carbons (Fsp3) is 0.167. The maximum absolute atomic E-state index is 12.5. The number of pyridine rings is 1. The van der Waals surface area contributed by atoms with Crippen LogP contribution in [-0.2, 0) is 4.79 Å². The van der Waals surface area contributed by atoms with Crippen molar-refractivity contribution in [2.75, 3.05) is 18.2 Å². The van der Waals surface area contributed by atoms with E-state index < -0.39 is 0 Å². The van der Waals surface area contributed by atoms with Crippen LogP contribution in [0.2, 0.25) is 5.02 Å². The van der Waals surface area contributed by atoms with Gasteiger partial charge < -0.3 is 14.8 Å². The Morgan fingerprint density at radius 3 is 2.71 bits per heavy atom. The van der Waals surface area contributed by atoms with E-state index in [2.05, 4.69) is 20.5 Å². The van der Waals surface area contributed by atoms with Crippen LogP contribution in [0, 0.1) is 13.8 Å². The maximum atomic E-state index is 12.5. The summed E-state index contributed by atoms with van der Waals surface area (Å²) in [5.41, 5.74) is 3.43. The minimum absolute atomic E-state index is 0.150. The quantitative estimate of drug-likeness (QED) is 0.324. The number of hydrogen-bond acceptors (Lipinski definition) is 7. The van der Waals surface area contributed by atoms with Gasteiger partial charge in [-0.2, -0.15) is 0 Å². The SMILES string of the molecule is COc1cc(C)ccc1Oc1ccc(NC(=O)CSc2nncn2-c2ccc(C)c(Cl)c2)cn1. The smallest absolute Gasteiger partial charge is 0.234 e. The zero-order chi connectivity index (χ0) is 24.1. The first-order chi connectivity index (χ1) is 16.4. The number of rotatable bonds is 8. The van der Waals surface area contributed by atoms with Gasteiger partial charge in [0.1, 0.15) is 6.33 Å². The Labute approximate surface area is 206 Å².